The zero-order valence-electron chi connectivity index (χ0n) is 11.0. The first kappa shape index (κ1) is 18.8. The van der Waals surface area contributed by atoms with Crippen LogP contribution in [0.5, 0.6) is 0 Å². The molecule has 0 aromatic heterocycles. The number of nitrogens with one attached hydrogen (secondary N) is 1. The molecule has 0 heterocycles. The van der Waals surface area contributed by atoms with Crippen molar-refractivity contribution in [1.29, 1.82) is 0 Å². The van der Waals surface area contributed by atoms with E-state index in [0.29, 0.717) is 25.1 Å². The van der Waals surface area contributed by atoms with Gasteiger partial charge in [0, 0.05) is 18.7 Å². The topological polar surface area (TPSA) is 115 Å². The molecule has 0 radical (unpaired) electrons. The number of nitro benzene ring substituents is 1. The first-order valence-corrected chi connectivity index (χ1v) is 7.31. The van der Waals surface area contributed by atoms with Crippen molar-refractivity contribution in [2.75, 3.05) is 13.1 Å². The first-order chi connectivity index (χ1) is 8.88. The summed E-state index contributed by atoms with van der Waals surface area (Å²) in [5.74, 6) is 0. The molecule has 0 spiro atoms. The maximum Gasteiger partial charge on any atom is 0.269 e. The molecule has 0 fully saturated rings. The monoisotopic (exact) mass is 323 g/mol. The van der Waals surface area contributed by atoms with Crippen LogP contribution in [0.4, 0.5) is 5.69 Å². The Balaban J connectivity index is 0.00000361. The van der Waals surface area contributed by atoms with Crippen LogP contribution in [0.25, 0.3) is 0 Å². The van der Waals surface area contributed by atoms with E-state index in [9.17, 15) is 18.5 Å². The summed E-state index contributed by atoms with van der Waals surface area (Å²) in [6.07, 6.45) is 1.39. The number of nitro groups is 1. The Kier molecular flexibility index (Phi) is 7.66. The molecule has 0 bridgehead atoms. The summed E-state index contributed by atoms with van der Waals surface area (Å²) in [6, 6.07) is 3.68. The lowest BCUT2D eigenvalue weighted by molar-refractivity contribution is -0.385. The molecule has 1 aromatic carbocycles. The molecule has 0 atom stereocenters. The molecule has 0 amide bonds. The molecule has 3 N–H and O–H groups in total. The fourth-order valence-electron chi connectivity index (χ4n) is 1.60. The number of sulfonamides is 1. The molecule has 7 nitrogen and oxygen atoms in total. The van der Waals surface area contributed by atoms with E-state index in [1.54, 1.807) is 0 Å². The normalized spacial score (nSPS) is 10.9. The third kappa shape index (κ3) is 5.04. The van der Waals surface area contributed by atoms with Crippen LogP contribution in [0.1, 0.15) is 18.4 Å². The lowest BCUT2D eigenvalue weighted by atomic mass is 10.2. The van der Waals surface area contributed by atoms with Crippen molar-refractivity contribution in [2.45, 2.75) is 24.7 Å². The minimum atomic E-state index is -3.63. The predicted molar refractivity (Wildman–Crippen MR) is 78.6 cm³/mol. The summed E-state index contributed by atoms with van der Waals surface area (Å²) in [7, 11) is -3.63. The molecular formula is C11H18ClN3O4S. The minimum absolute atomic E-state index is 0. The fraction of sp³-hybridized carbons (Fsp3) is 0.455. The molecule has 0 aliphatic rings. The highest BCUT2D eigenvalue weighted by Crippen LogP contribution is 2.20. The third-order valence-electron chi connectivity index (χ3n) is 2.58. The van der Waals surface area contributed by atoms with E-state index in [2.05, 4.69) is 4.72 Å². The van der Waals surface area contributed by atoms with E-state index in [1.165, 1.54) is 25.1 Å². The van der Waals surface area contributed by atoms with Gasteiger partial charge >= 0.3 is 0 Å². The summed E-state index contributed by atoms with van der Waals surface area (Å²) in [6.45, 7) is 2.34. The Labute approximate surface area is 124 Å². The number of halogens is 1. The molecule has 0 aliphatic heterocycles. The van der Waals surface area contributed by atoms with Gasteiger partial charge in [-0.25, -0.2) is 13.1 Å². The van der Waals surface area contributed by atoms with Crippen molar-refractivity contribution in [3.8, 4) is 0 Å². The number of hydrogen-bond acceptors (Lipinski definition) is 5. The number of aryl methyl sites for hydroxylation is 1. The van der Waals surface area contributed by atoms with Crippen LogP contribution in [0.2, 0.25) is 0 Å². The van der Waals surface area contributed by atoms with Gasteiger partial charge in [0.2, 0.25) is 10.0 Å². The van der Waals surface area contributed by atoms with E-state index < -0.39 is 14.9 Å². The summed E-state index contributed by atoms with van der Waals surface area (Å²) < 4.78 is 26.4. The highest BCUT2D eigenvalue weighted by molar-refractivity contribution is 7.89. The lowest BCUT2D eigenvalue weighted by Gasteiger charge is -2.08. The number of nitrogens with two attached hydrogens (primary N) is 1. The Morgan fingerprint density at radius 2 is 2.00 bits per heavy atom. The second-order valence-corrected chi connectivity index (χ2v) is 5.84. The number of rotatable bonds is 7. The smallest absolute Gasteiger partial charge is 0.269 e. The molecule has 0 saturated carbocycles. The molecule has 1 rings (SSSR count). The number of hydrogen-bond donors (Lipinski definition) is 2. The van der Waals surface area contributed by atoms with Crippen LogP contribution in [0.15, 0.2) is 23.1 Å². The van der Waals surface area contributed by atoms with Crippen LogP contribution in [0, 0.1) is 17.0 Å². The Hall–Kier alpha value is -1.22. The second kappa shape index (κ2) is 8.15. The van der Waals surface area contributed by atoms with Crippen molar-refractivity contribution in [2.24, 2.45) is 5.73 Å². The highest BCUT2D eigenvalue weighted by atomic mass is 35.5. The van der Waals surface area contributed by atoms with Gasteiger partial charge in [0.25, 0.3) is 5.69 Å². The third-order valence-corrected chi connectivity index (χ3v) is 4.20. The molecule has 1 aromatic rings. The van der Waals surface area contributed by atoms with Crippen LogP contribution in [-0.4, -0.2) is 26.4 Å². The molecule has 114 valence electrons. The number of unbranched alkanes of at least 4 members (excludes halogenated alkanes) is 1. The van der Waals surface area contributed by atoms with Crippen molar-refractivity contribution in [3.05, 3.63) is 33.9 Å². The lowest BCUT2D eigenvalue weighted by Crippen LogP contribution is -2.25. The number of benzene rings is 1. The zero-order chi connectivity index (χ0) is 14.5. The summed E-state index contributed by atoms with van der Waals surface area (Å²) in [5.41, 5.74) is 5.54. The molecule has 9 heteroatoms. The number of non-ortho nitro benzene ring substituents is 1. The molecule has 0 unspecified atom stereocenters. The van der Waals surface area contributed by atoms with Crippen molar-refractivity contribution < 1.29 is 13.3 Å². The molecule has 0 aliphatic carbocycles. The van der Waals surface area contributed by atoms with Gasteiger partial charge in [-0.1, -0.05) is 0 Å². The molecular weight excluding hydrogens is 306 g/mol. The zero-order valence-corrected chi connectivity index (χ0v) is 12.7. The van der Waals surface area contributed by atoms with Gasteiger partial charge in [0.1, 0.15) is 0 Å². The highest BCUT2D eigenvalue weighted by Gasteiger charge is 2.18. The van der Waals surface area contributed by atoms with Crippen LogP contribution in [-0.2, 0) is 10.0 Å². The fourth-order valence-corrected chi connectivity index (χ4v) is 2.90. The second-order valence-electron chi connectivity index (χ2n) is 4.10. The van der Waals surface area contributed by atoms with Gasteiger partial charge in [-0.3, -0.25) is 10.1 Å². The SMILES string of the molecule is Cc1cc([N+](=O)[O-])ccc1S(=O)(=O)NCCCCN.Cl. The van der Waals surface area contributed by atoms with Gasteiger partial charge in [-0.2, -0.15) is 0 Å². The van der Waals surface area contributed by atoms with E-state index in [4.69, 9.17) is 5.73 Å². The maximum atomic E-state index is 12.0. The standard InChI is InChI=1S/C11H17N3O4S.ClH/c1-9-8-10(14(15)16)4-5-11(9)19(17,18)13-7-3-2-6-12;/h4-5,8,13H,2-3,6-7,12H2,1H3;1H. The van der Waals surface area contributed by atoms with Gasteiger partial charge in [-0.15, -0.1) is 12.4 Å². The van der Waals surface area contributed by atoms with Gasteiger partial charge in [0.05, 0.1) is 9.82 Å². The Morgan fingerprint density at radius 1 is 1.35 bits per heavy atom. The van der Waals surface area contributed by atoms with Crippen LogP contribution < -0.4 is 10.5 Å². The van der Waals surface area contributed by atoms with Gasteiger partial charge in [-0.05, 0) is 37.9 Å². The largest absolute Gasteiger partial charge is 0.330 e. The van der Waals surface area contributed by atoms with E-state index >= 15 is 0 Å². The van der Waals surface area contributed by atoms with Gasteiger partial charge in [0.15, 0.2) is 0 Å². The van der Waals surface area contributed by atoms with E-state index in [-0.39, 0.29) is 23.0 Å². The average Bonchev–Trinajstić information content (AvgIpc) is 2.34. The van der Waals surface area contributed by atoms with Crippen LogP contribution in [0.3, 0.4) is 0 Å². The van der Waals surface area contributed by atoms with Crippen molar-refractivity contribution in [3.63, 3.8) is 0 Å². The van der Waals surface area contributed by atoms with Crippen molar-refractivity contribution >= 4 is 28.1 Å². The molecule has 20 heavy (non-hydrogen) atoms. The first-order valence-electron chi connectivity index (χ1n) is 5.83. The summed E-state index contributed by atoms with van der Waals surface area (Å²) in [5, 5.41) is 10.6. The van der Waals surface area contributed by atoms with E-state index in [0.717, 1.165) is 6.42 Å². The summed E-state index contributed by atoms with van der Waals surface area (Å²) in [4.78, 5) is 10.1. The van der Waals surface area contributed by atoms with Gasteiger partial charge < -0.3 is 5.73 Å². The van der Waals surface area contributed by atoms with Crippen molar-refractivity contribution in [1.82, 2.24) is 4.72 Å². The average molecular weight is 324 g/mol. The quantitative estimate of drug-likeness (QED) is 0.446. The Bertz CT molecular complexity index is 563. The minimum Gasteiger partial charge on any atom is -0.330 e. The number of nitrogens with zero attached hydrogens (tertiary/aromatic N) is 1. The Morgan fingerprint density at radius 3 is 2.50 bits per heavy atom. The summed E-state index contributed by atoms with van der Waals surface area (Å²) >= 11 is 0. The molecule has 0 saturated heterocycles. The van der Waals surface area contributed by atoms with E-state index in [1.807, 2.05) is 0 Å². The van der Waals surface area contributed by atoms with Crippen LogP contribution >= 0.6 is 12.4 Å². The maximum absolute atomic E-state index is 12.0. The predicted octanol–water partition coefficient (Wildman–Crippen LogP) is 1.34.